The van der Waals surface area contributed by atoms with Gasteiger partial charge in [0.2, 0.25) is 5.91 Å². The molecule has 0 saturated heterocycles. The first-order valence-corrected chi connectivity index (χ1v) is 8.50. The Balaban J connectivity index is 1.69. The standard InChI is InChI=1S/C18H25N5O2/c1-4-25-15-9-18(19,17(15,2)3)16(24)22-14-7-5-6-13(8-14)10-23-12-20-11-21-23/h5-8,11-12,15H,4,9-10,19H2,1-3H3,(H,22,24). The van der Waals surface area contributed by atoms with Gasteiger partial charge in [-0.25, -0.2) is 9.67 Å². The molecule has 1 amide bonds. The molecule has 1 fully saturated rings. The highest BCUT2D eigenvalue weighted by atomic mass is 16.5. The molecule has 1 aliphatic rings. The topological polar surface area (TPSA) is 95.1 Å². The Bertz CT molecular complexity index is 744. The summed E-state index contributed by atoms with van der Waals surface area (Å²) >= 11 is 0. The van der Waals surface area contributed by atoms with E-state index >= 15 is 0 Å². The molecule has 1 aromatic heterocycles. The smallest absolute Gasteiger partial charge is 0.245 e. The molecule has 2 atom stereocenters. The highest BCUT2D eigenvalue weighted by Gasteiger charge is 2.62. The molecule has 1 saturated carbocycles. The van der Waals surface area contributed by atoms with E-state index in [2.05, 4.69) is 15.4 Å². The minimum atomic E-state index is -0.936. The van der Waals surface area contributed by atoms with E-state index < -0.39 is 11.0 Å². The molecule has 1 aliphatic carbocycles. The molecule has 0 radical (unpaired) electrons. The van der Waals surface area contributed by atoms with Gasteiger partial charge in [-0.3, -0.25) is 4.79 Å². The fourth-order valence-electron chi connectivity index (χ4n) is 3.31. The third-order valence-corrected chi connectivity index (χ3v) is 5.23. The molecule has 3 N–H and O–H groups in total. The Labute approximate surface area is 147 Å². The summed E-state index contributed by atoms with van der Waals surface area (Å²) in [5.41, 5.74) is 6.83. The zero-order valence-corrected chi connectivity index (χ0v) is 14.9. The second kappa shape index (κ2) is 6.57. The Morgan fingerprint density at radius 3 is 2.92 bits per heavy atom. The van der Waals surface area contributed by atoms with Gasteiger partial charge in [0.1, 0.15) is 18.2 Å². The lowest BCUT2D eigenvalue weighted by Gasteiger charge is -2.57. The Morgan fingerprint density at radius 1 is 1.48 bits per heavy atom. The van der Waals surface area contributed by atoms with Gasteiger partial charge in [0.05, 0.1) is 12.6 Å². The third-order valence-electron chi connectivity index (χ3n) is 5.23. The number of carbonyl (C=O) groups is 1. The molecule has 0 spiro atoms. The van der Waals surface area contributed by atoms with Gasteiger partial charge in [-0.05, 0) is 24.6 Å². The van der Waals surface area contributed by atoms with Gasteiger partial charge in [-0.2, -0.15) is 5.10 Å². The first kappa shape index (κ1) is 17.6. The molecule has 0 aliphatic heterocycles. The molecule has 134 valence electrons. The minimum absolute atomic E-state index is 0.00639. The van der Waals surface area contributed by atoms with E-state index in [-0.39, 0.29) is 12.0 Å². The zero-order chi connectivity index (χ0) is 18.1. The number of nitrogens with two attached hydrogens (primary N) is 1. The lowest BCUT2D eigenvalue weighted by molar-refractivity contribution is -0.166. The van der Waals surface area contributed by atoms with E-state index in [0.29, 0.717) is 19.6 Å². The van der Waals surface area contributed by atoms with E-state index in [1.54, 1.807) is 11.0 Å². The van der Waals surface area contributed by atoms with Gasteiger partial charge in [0.15, 0.2) is 0 Å². The van der Waals surface area contributed by atoms with Crippen LogP contribution in [0.15, 0.2) is 36.9 Å². The number of nitrogens with zero attached hydrogens (tertiary/aromatic N) is 3. The number of aromatic nitrogens is 3. The van der Waals surface area contributed by atoms with Crippen molar-refractivity contribution in [2.75, 3.05) is 11.9 Å². The average molecular weight is 343 g/mol. The zero-order valence-electron chi connectivity index (χ0n) is 14.9. The minimum Gasteiger partial charge on any atom is -0.378 e. The highest BCUT2D eigenvalue weighted by molar-refractivity contribution is 5.99. The third kappa shape index (κ3) is 3.17. The summed E-state index contributed by atoms with van der Waals surface area (Å²) in [6, 6.07) is 7.67. The molecule has 7 nitrogen and oxygen atoms in total. The van der Waals surface area contributed by atoms with Crippen molar-refractivity contribution in [2.24, 2.45) is 11.1 Å². The summed E-state index contributed by atoms with van der Waals surface area (Å²) in [4.78, 5) is 16.7. The summed E-state index contributed by atoms with van der Waals surface area (Å²) in [7, 11) is 0. The van der Waals surface area contributed by atoms with E-state index in [1.165, 1.54) is 6.33 Å². The van der Waals surface area contributed by atoms with Crippen LogP contribution in [0.5, 0.6) is 0 Å². The van der Waals surface area contributed by atoms with Crippen molar-refractivity contribution in [1.82, 2.24) is 14.8 Å². The Hall–Kier alpha value is -2.25. The van der Waals surface area contributed by atoms with Crippen LogP contribution in [0.4, 0.5) is 5.69 Å². The first-order valence-electron chi connectivity index (χ1n) is 8.50. The van der Waals surface area contributed by atoms with Crippen LogP contribution in [0.1, 0.15) is 32.8 Å². The van der Waals surface area contributed by atoms with E-state index in [9.17, 15) is 4.79 Å². The van der Waals surface area contributed by atoms with E-state index in [1.807, 2.05) is 45.0 Å². The molecule has 0 bridgehead atoms. The van der Waals surface area contributed by atoms with Crippen molar-refractivity contribution >= 4 is 11.6 Å². The second-order valence-electron chi connectivity index (χ2n) is 7.09. The lowest BCUT2D eigenvalue weighted by Crippen LogP contribution is -2.74. The summed E-state index contributed by atoms with van der Waals surface area (Å²) in [5, 5.41) is 7.05. The second-order valence-corrected chi connectivity index (χ2v) is 7.09. The van der Waals surface area contributed by atoms with Crippen LogP contribution < -0.4 is 11.1 Å². The number of hydrogen-bond acceptors (Lipinski definition) is 5. The van der Waals surface area contributed by atoms with Crippen molar-refractivity contribution in [2.45, 2.75) is 45.4 Å². The van der Waals surface area contributed by atoms with E-state index in [4.69, 9.17) is 10.5 Å². The lowest BCUT2D eigenvalue weighted by atomic mass is 9.54. The van der Waals surface area contributed by atoms with Gasteiger partial charge < -0.3 is 15.8 Å². The van der Waals surface area contributed by atoms with Crippen LogP contribution in [0, 0.1) is 5.41 Å². The molecule has 25 heavy (non-hydrogen) atoms. The number of hydrogen-bond donors (Lipinski definition) is 2. The van der Waals surface area contributed by atoms with Crippen molar-refractivity contribution in [3.05, 3.63) is 42.5 Å². The monoisotopic (exact) mass is 343 g/mol. The predicted octanol–water partition coefficient (Wildman–Crippen LogP) is 1.80. The molecule has 3 rings (SSSR count). The maximum absolute atomic E-state index is 12.8. The largest absolute Gasteiger partial charge is 0.378 e. The maximum atomic E-state index is 12.8. The molecule has 1 aromatic carbocycles. The summed E-state index contributed by atoms with van der Waals surface area (Å²) in [6.45, 7) is 7.13. The number of amides is 1. The highest BCUT2D eigenvalue weighted by Crippen LogP contribution is 2.50. The van der Waals surface area contributed by atoms with Crippen molar-refractivity contribution in [1.29, 1.82) is 0 Å². The molecule has 2 aromatic rings. The number of carbonyl (C=O) groups excluding carboxylic acids is 1. The van der Waals surface area contributed by atoms with Crippen LogP contribution in [0.3, 0.4) is 0 Å². The Morgan fingerprint density at radius 2 is 2.28 bits per heavy atom. The van der Waals surface area contributed by atoms with Gasteiger partial charge in [-0.1, -0.05) is 26.0 Å². The summed E-state index contributed by atoms with van der Waals surface area (Å²) in [5.74, 6) is -0.175. The van der Waals surface area contributed by atoms with Gasteiger partial charge in [-0.15, -0.1) is 0 Å². The molecule has 1 heterocycles. The van der Waals surface area contributed by atoms with Crippen molar-refractivity contribution < 1.29 is 9.53 Å². The van der Waals surface area contributed by atoms with Crippen molar-refractivity contribution in [3.63, 3.8) is 0 Å². The number of anilines is 1. The van der Waals surface area contributed by atoms with Gasteiger partial charge >= 0.3 is 0 Å². The number of nitrogens with one attached hydrogen (secondary N) is 1. The summed E-state index contributed by atoms with van der Waals surface area (Å²) in [6.07, 6.45) is 3.69. The normalized spacial score (nSPS) is 24.6. The number of rotatable bonds is 6. The quantitative estimate of drug-likeness (QED) is 0.834. The number of ether oxygens (including phenoxy) is 1. The Kier molecular flexibility index (Phi) is 4.62. The fraction of sp³-hybridized carbons (Fsp3) is 0.500. The molecular formula is C18H25N5O2. The average Bonchev–Trinajstić information content (AvgIpc) is 3.07. The predicted molar refractivity (Wildman–Crippen MR) is 94.9 cm³/mol. The van der Waals surface area contributed by atoms with E-state index in [0.717, 1.165) is 11.3 Å². The summed E-state index contributed by atoms with van der Waals surface area (Å²) < 4.78 is 7.42. The van der Waals surface area contributed by atoms with Crippen LogP contribution in [0.2, 0.25) is 0 Å². The fourth-order valence-corrected chi connectivity index (χ4v) is 3.31. The van der Waals surface area contributed by atoms with Gasteiger partial charge in [0.25, 0.3) is 0 Å². The SMILES string of the molecule is CCOC1CC(N)(C(=O)Nc2cccc(Cn3cncn3)c2)C1(C)C. The van der Waals surface area contributed by atoms with Crippen LogP contribution >= 0.6 is 0 Å². The van der Waals surface area contributed by atoms with Crippen molar-refractivity contribution in [3.8, 4) is 0 Å². The number of benzene rings is 1. The van der Waals surface area contributed by atoms with Crippen LogP contribution in [-0.2, 0) is 16.1 Å². The van der Waals surface area contributed by atoms with Crippen LogP contribution in [0.25, 0.3) is 0 Å². The molecule has 2 unspecified atom stereocenters. The molecular weight excluding hydrogens is 318 g/mol. The van der Waals surface area contributed by atoms with Gasteiger partial charge in [0, 0.05) is 24.1 Å². The first-order chi connectivity index (χ1) is 11.9. The molecule has 7 heteroatoms. The maximum Gasteiger partial charge on any atom is 0.245 e. The van der Waals surface area contributed by atoms with Crippen LogP contribution in [-0.4, -0.2) is 38.9 Å².